The lowest BCUT2D eigenvalue weighted by atomic mass is 9.74. The molecule has 0 spiro atoms. The second-order valence-electron chi connectivity index (χ2n) is 4.81. The van der Waals surface area contributed by atoms with Crippen molar-refractivity contribution >= 4 is 11.8 Å². The summed E-state index contributed by atoms with van der Waals surface area (Å²) in [5.41, 5.74) is -1.19. The third-order valence-corrected chi connectivity index (χ3v) is 3.55. The predicted octanol–water partition coefficient (Wildman–Crippen LogP) is 1.41. The van der Waals surface area contributed by atoms with E-state index in [4.69, 9.17) is 5.11 Å². The van der Waals surface area contributed by atoms with Gasteiger partial charge < -0.3 is 10.2 Å². The summed E-state index contributed by atoms with van der Waals surface area (Å²) >= 11 is 0. The number of ketones is 1. The van der Waals surface area contributed by atoms with E-state index in [9.17, 15) is 14.7 Å². The van der Waals surface area contributed by atoms with Crippen LogP contribution in [0.25, 0.3) is 0 Å². The average Bonchev–Trinajstić information content (AvgIpc) is 2.36. The largest absolute Gasteiger partial charge is 0.479 e. The van der Waals surface area contributed by atoms with Crippen molar-refractivity contribution < 1.29 is 19.8 Å². The fourth-order valence-electron chi connectivity index (χ4n) is 2.50. The summed E-state index contributed by atoms with van der Waals surface area (Å²) in [5.74, 6) is -2.38. The molecule has 0 amide bonds. The molecule has 1 aromatic rings. The van der Waals surface area contributed by atoms with Crippen molar-refractivity contribution in [3.05, 3.63) is 35.9 Å². The third kappa shape index (κ3) is 2.29. The molecule has 4 heteroatoms. The topological polar surface area (TPSA) is 74.6 Å². The van der Waals surface area contributed by atoms with Gasteiger partial charge in [-0.15, -0.1) is 0 Å². The summed E-state index contributed by atoms with van der Waals surface area (Å²) in [7, 11) is 0. The number of hydrogen-bond acceptors (Lipinski definition) is 3. The smallest absolute Gasteiger partial charge is 0.343 e. The highest BCUT2D eigenvalue weighted by Crippen LogP contribution is 2.31. The van der Waals surface area contributed by atoms with Gasteiger partial charge in [0, 0.05) is 5.92 Å². The minimum absolute atomic E-state index is 0.0203. The maximum Gasteiger partial charge on any atom is 0.343 e. The van der Waals surface area contributed by atoms with Crippen molar-refractivity contribution in [2.24, 2.45) is 5.92 Å². The molecule has 2 rings (SSSR count). The molecule has 0 bridgehead atoms. The van der Waals surface area contributed by atoms with Gasteiger partial charge in [-0.25, -0.2) is 4.79 Å². The number of benzene rings is 1. The van der Waals surface area contributed by atoms with Gasteiger partial charge in [0.15, 0.2) is 5.78 Å². The van der Waals surface area contributed by atoms with Crippen LogP contribution >= 0.6 is 0 Å². The molecule has 0 heterocycles. The van der Waals surface area contributed by atoms with Crippen LogP contribution in [0.15, 0.2) is 30.3 Å². The summed E-state index contributed by atoms with van der Waals surface area (Å²) in [6.07, 6.45) is 1.72. The number of carbonyl (C=O) groups is 2. The quantitative estimate of drug-likeness (QED) is 0.793. The fraction of sp³-hybridized carbons (Fsp3) is 0.429. The number of Topliss-reactive ketones (excluding diaryl/α,β-unsaturated/α-hetero) is 1. The van der Waals surface area contributed by atoms with Crippen LogP contribution in [0.2, 0.25) is 0 Å². The van der Waals surface area contributed by atoms with Gasteiger partial charge in [-0.2, -0.15) is 0 Å². The molecular weight excluding hydrogens is 232 g/mol. The van der Waals surface area contributed by atoms with E-state index in [1.807, 2.05) is 30.3 Å². The molecule has 1 aliphatic rings. The van der Waals surface area contributed by atoms with Crippen molar-refractivity contribution in [3.8, 4) is 0 Å². The number of carbonyl (C=O) groups excluding carboxylic acids is 1. The molecule has 96 valence electrons. The van der Waals surface area contributed by atoms with Crippen LogP contribution in [-0.2, 0) is 16.0 Å². The second kappa shape index (κ2) is 4.90. The SMILES string of the molecule is O=C(O)[C@@]1(O)CCC[C@@H](Cc2ccccc2)C1=O. The third-order valence-electron chi connectivity index (χ3n) is 3.55. The standard InChI is InChI=1S/C14H16O4/c15-12-11(9-10-5-2-1-3-6-10)7-4-8-14(12,18)13(16)17/h1-3,5-6,11,18H,4,7-9H2,(H,16,17)/t11-,14+/m0/s1. The lowest BCUT2D eigenvalue weighted by Crippen LogP contribution is -2.52. The van der Waals surface area contributed by atoms with E-state index in [-0.39, 0.29) is 6.42 Å². The normalized spacial score (nSPS) is 28.1. The first-order valence-electron chi connectivity index (χ1n) is 6.08. The lowest BCUT2D eigenvalue weighted by Gasteiger charge is -2.31. The number of aliphatic carboxylic acids is 1. The summed E-state index contributed by atoms with van der Waals surface area (Å²) < 4.78 is 0. The van der Waals surface area contributed by atoms with E-state index in [1.54, 1.807) is 0 Å². The highest BCUT2D eigenvalue weighted by Gasteiger charge is 2.49. The Hall–Kier alpha value is -1.68. The zero-order chi connectivity index (χ0) is 13.2. The first-order valence-corrected chi connectivity index (χ1v) is 6.08. The number of hydrogen-bond donors (Lipinski definition) is 2. The van der Waals surface area contributed by atoms with Crippen molar-refractivity contribution in [1.29, 1.82) is 0 Å². The number of carboxylic acids is 1. The highest BCUT2D eigenvalue weighted by atomic mass is 16.4. The van der Waals surface area contributed by atoms with E-state index in [0.29, 0.717) is 19.3 Å². The van der Waals surface area contributed by atoms with E-state index in [2.05, 4.69) is 0 Å². The van der Waals surface area contributed by atoms with Crippen LogP contribution in [0, 0.1) is 5.92 Å². The minimum Gasteiger partial charge on any atom is -0.479 e. The van der Waals surface area contributed by atoms with Gasteiger partial charge in [0.2, 0.25) is 5.60 Å². The van der Waals surface area contributed by atoms with E-state index < -0.39 is 23.3 Å². The molecule has 0 aliphatic heterocycles. The predicted molar refractivity (Wildman–Crippen MR) is 65.1 cm³/mol. The van der Waals surface area contributed by atoms with Gasteiger partial charge in [0.05, 0.1) is 0 Å². The number of rotatable bonds is 3. The molecule has 1 fully saturated rings. The van der Waals surface area contributed by atoms with Crippen molar-refractivity contribution in [3.63, 3.8) is 0 Å². The maximum absolute atomic E-state index is 12.1. The average molecular weight is 248 g/mol. The van der Waals surface area contributed by atoms with Gasteiger partial charge in [-0.1, -0.05) is 30.3 Å². The highest BCUT2D eigenvalue weighted by molar-refractivity contribution is 6.07. The lowest BCUT2D eigenvalue weighted by molar-refractivity contribution is -0.170. The number of carboxylic acid groups (broad SMARTS) is 1. The minimum atomic E-state index is -2.18. The molecular formula is C14H16O4. The molecule has 2 N–H and O–H groups in total. The van der Waals surface area contributed by atoms with Crippen LogP contribution in [0.4, 0.5) is 0 Å². The Kier molecular flexibility index (Phi) is 3.48. The molecule has 1 saturated carbocycles. The van der Waals surface area contributed by atoms with Gasteiger partial charge in [0.25, 0.3) is 0 Å². The zero-order valence-corrected chi connectivity index (χ0v) is 10.0. The summed E-state index contributed by atoms with van der Waals surface area (Å²) in [4.78, 5) is 23.1. The molecule has 0 saturated heterocycles. The second-order valence-corrected chi connectivity index (χ2v) is 4.81. The van der Waals surface area contributed by atoms with Crippen LogP contribution in [0.1, 0.15) is 24.8 Å². The van der Waals surface area contributed by atoms with Gasteiger partial charge in [-0.05, 0) is 31.2 Å². The van der Waals surface area contributed by atoms with E-state index in [1.165, 1.54) is 0 Å². The first-order chi connectivity index (χ1) is 8.54. The van der Waals surface area contributed by atoms with E-state index >= 15 is 0 Å². The Balaban J connectivity index is 2.15. The summed E-state index contributed by atoms with van der Waals surface area (Å²) in [5, 5.41) is 18.9. The van der Waals surface area contributed by atoms with Crippen LogP contribution in [0.3, 0.4) is 0 Å². The Labute approximate surface area is 105 Å². The van der Waals surface area contributed by atoms with Crippen LogP contribution < -0.4 is 0 Å². The van der Waals surface area contributed by atoms with Gasteiger partial charge in [-0.3, -0.25) is 4.79 Å². The Morgan fingerprint density at radius 3 is 2.61 bits per heavy atom. The monoisotopic (exact) mass is 248 g/mol. The molecule has 18 heavy (non-hydrogen) atoms. The molecule has 0 aromatic heterocycles. The zero-order valence-electron chi connectivity index (χ0n) is 10.0. The number of aliphatic hydroxyl groups is 1. The van der Waals surface area contributed by atoms with Crippen molar-refractivity contribution in [2.75, 3.05) is 0 Å². The Morgan fingerprint density at radius 2 is 2.00 bits per heavy atom. The summed E-state index contributed by atoms with van der Waals surface area (Å²) in [6.45, 7) is 0. The van der Waals surface area contributed by atoms with Gasteiger partial charge in [0.1, 0.15) is 0 Å². The fourth-order valence-corrected chi connectivity index (χ4v) is 2.50. The Bertz CT molecular complexity index is 454. The van der Waals surface area contributed by atoms with Gasteiger partial charge >= 0.3 is 5.97 Å². The summed E-state index contributed by atoms with van der Waals surface area (Å²) in [6, 6.07) is 9.46. The first kappa shape index (κ1) is 12.8. The molecule has 1 aromatic carbocycles. The van der Waals surface area contributed by atoms with Crippen molar-refractivity contribution in [2.45, 2.75) is 31.3 Å². The molecule has 1 aliphatic carbocycles. The Morgan fingerprint density at radius 1 is 1.33 bits per heavy atom. The molecule has 2 atom stereocenters. The molecule has 0 radical (unpaired) electrons. The molecule has 4 nitrogen and oxygen atoms in total. The van der Waals surface area contributed by atoms with E-state index in [0.717, 1.165) is 5.56 Å². The molecule has 0 unspecified atom stereocenters. The maximum atomic E-state index is 12.1. The van der Waals surface area contributed by atoms with Crippen LogP contribution in [-0.4, -0.2) is 27.6 Å². The van der Waals surface area contributed by atoms with Crippen molar-refractivity contribution in [1.82, 2.24) is 0 Å². The van der Waals surface area contributed by atoms with Crippen LogP contribution in [0.5, 0.6) is 0 Å².